The number of likely N-dealkylation sites (N-methyl/N-ethyl adjacent to an activating group) is 1. The molecular weight excluding hydrogens is 300 g/mol. The second kappa shape index (κ2) is 6.64. The Morgan fingerprint density at radius 3 is 2.65 bits per heavy atom. The van der Waals surface area contributed by atoms with Gasteiger partial charge in [0.15, 0.2) is 0 Å². The highest BCUT2D eigenvalue weighted by atomic mass is 16.6. The van der Waals surface area contributed by atoms with Gasteiger partial charge in [-0.05, 0) is 32.4 Å². The standard InChI is InChI=1S/C15H20N4O4/c1-9(2)16-14(20)10-4-5-11(13(8-10)19(22)23)17-12-6-7-18(3)15(12)21/h4-5,8-9,12,17H,6-7H2,1-3H3,(H,16,20). The number of anilines is 1. The number of nitro groups is 1. The van der Waals surface area contributed by atoms with Crippen LogP contribution in [0.25, 0.3) is 0 Å². The van der Waals surface area contributed by atoms with Crippen LogP contribution in [-0.2, 0) is 4.79 Å². The molecule has 1 aromatic carbocycles. The smallest absolute Gasteiger partial charge is 0.293 e. The maximum atomic E-state index is 12.0. The van der Waals surface area contributed by atoms with E-state index in [1.54, 1.807) is 11.9 Å². The van der Waals surface area contributed by atoms with Crippen molar-refractivity contribution >= 4 is 23.2 Å². The monoisotopic (exact) mass is 320 g/mol. The minimum absolute atomic E-state index is 0.0639. The Labute approximate surface area is 134 Å². The molecule has 2 amide bonds. The van der Waals surface area contributed by atoms with Crippen LogP contribution in [0, 0.1) is 10.1 Å². The lowest BCUT2D eigenvalue weighted by atomic mass is 10.1. The molecule has 1 aromatic rings. The van der Waals surface area contributed by atoms with Gasteiger partial charge in [0.1, 0.15) is 11.7 Å². The Hall–Kier alpha value is -2.64. The van der Waals surface area contributed by atoms with Gasteiger partial charge in [0.25, 0.3) is 11.6 Å². The first kappa shape index (κ1) is 16.7. The molecule has 1 aliphatic rings. The van der Waals surface area contributed by atoms with Gasteiger partial charge in [-0.1, -0.05) is 0 Å². The summed E-state index contributed by atoms with van der Waals surface area (Å²) in [7, 11) is 1.69. The van der Waals surface area contributed by atoms with E-state index in [1.165, 1.54) is 18.2 Å². The summed E-state index contributed by atoms with van der Waals surface area (Å²) >= 11 is 0. The molecule has 0 radical (unpaired) electrons. The first-order valence-electron chi connectivity index (χ1n) is 7.40. The van der Waals surface area contributed by atoms with Crippen molar-refractivity contribution in [3.8, 4) is 0 Å². The molecule has 1 fully saturated rings. The van der Waals surface area contributed by atoms with Crippen LogP contribution in [0.4, 0.5) is 11.4 Å². The topological polar surface area (TPSA) is 105 Å². The first-order valence-corrected chi connectivity index (χ1v) is 7.40. The van der Waals surface area contributed by atoms with Crippen LogP contribution >= 0.6 is 0 Å². The number of benzene rings is 1. The minimum Gasteiger partial charge on any atom is -0.368 e. The maximum absolute atomic E-state index is 12.0. The Morgan fingerprint density at radius 1 is 1.43 bits per heavy atom. The van der Waals surface area contributed by atoms with Gasteiger partial charge in [-0.25, -0.2) is 0 Å². The number of nitro benzene ring substituents is 1. The molecule has 8 nitrogen and oxygen atoms in total. The lowest BCUT2D eigenvalue weighted by Gasteiger charge is -2.14. The average Bonchev–Trinajstić information content (AvgIpc) is 2.78. The van der Waals surface area contributed by atoms with Crippen molar-refractivity contribution in [2.75, 3.05) is 18.9 Å². The lowest BCUT2D eigenvalue weighted by Crippen LogP contribution is -2.31. The molecule has 1 heterocycles. The highest BCUT2D eigenvalue weighted by Crippen LogP contribution is 2.28. The molecule has 8 heteroatoms. The number of hydrogen-bond donors (Lipinski definition) is 2. The van der Waals surface area contributed by atoms with Gasteiger partial charge < -0.3 is 15.5 Å². The molecule has 0 aromatic heterocycles. The molecule has 0 spiro atoms. The molecule has 1 unspecified atom stereocenters. The zero-order chi connectivity index (χ0) is 17.1. The lowest BCUT2D eigenvalue weighted by molar-refractivity contribution is -0.384. The van der Waals surface area contributed by atoms with Crippen LogP contribution in [0.1, 0.15) is 30.6 Å². The highest BCUT2D eigenvalue weighted by Gasteiger charge is 2.30. The van der Waals surface area contributed by atoms with E-state index in [9.17, 15) is 19.7 Å². The quantitative estimate of drug-likeness (QED) is 0.630. The van der Waals surface area contributed by atoms with Crippen molar-refractivity contribution in [3.05, 3.63) is 33.9 Å². The van der Waals surface area contributed by atoms with E-state index in [-0.39, 0.29) is 34.8 Å². The molecule has 124 valence electrons. The van der Waals surface area contributed by atoms with Crippen molar-refractivity contribution in [1.29, 1.82) is 0 Å². The van der Waals surface area contributed by atoms with E-state index in [0.29, 0.717) is 13.0 Å². The largest absolute Gasteiger partial charge is 0.368 e. The van der Waals surface area contributed by atoms with Crippen molar-refractivity contribution < 1.29 is 14.5 Å². The van der Waals surface area contributed by atoms with Gasteiger partial charge in [0.2, 0.25) is 5.91 Å². The van der Waals surface area contributed by atoms with Crippen LogP contribution in [-0.4, -0.2) is 47.3 Å². The Bertz CT molecular complexity index is 644. The number of rotatable bonds is 5. The molecule has 0 bridgehead atoms. The van der Waals surface area contributed by atoms with E-state index in [2.05, 4.69) is 10.6 Å². The van der Waals surface area contributed by atoms with E-state index in [1.807, 2.05) is 13.8 Å². The summed E-state index contributed by atoms with van der Waals surface area (Å²) in [4.78, 5) is 36.2. The fourth-order valence-electron chi connectivity index (χ4n) is 2.44. The van der Waals surface area contributed by atoms with E-state index in [0.717, 1.165) is 0 Å². The van der Waals surface area contributed by atoms with Crippen molar-refractivity contribution in [1.82, 2.24) is 10.2 Å². The molecule has 0 saturated carbocycles. The summed E-state index contributed by atoms with van der Waals surface area (Å²) in [6, 6.07) is 3.67. The fraction of sp³-hybridized carbons (Fsp3) is 0.467. The van der Waals surface area contributed by atoms with Gasteiger partial charge in [-0.2, -0.15) is 0 Å². The van der Waals surface area contributed by atoms with Crippen LogP contribution in [0.2, 0.25) is 0 Å². The average molecular weight is 320 g/mol. The van der Waals surface area contributed by atoms with E-state index < -0.39 is 11.0 Å². The molecule has 2 rings (SSSR count). The maximum Gasteiger partial charge on any atom is 0.293 e. The van der Waals surface area contributed by atoms with E-state index >= 15 is 0 Å². The number of amides is 2. The SMILES string of the molecule is CC(C)NC(=O)c1ccc(NC2CCN(C)C2=O)c([N+](=O)[O-])c1. The number of carbonyl (C=O) groups is 2. The third-order valence-corrected chi connectivity index (χ3v) is 3.63. The molecular formula is C15H20N4O4. The molecule has 1 atom stereocenters. The summed E-state index contributed by atoms with van der Waals surface area (Å²) in [5.74, 6) is -0.466. The normalized spacial score (nSPS) is 17.5. The molecule has 1 aliphatic heterocycles. The highest BCUT2D eigenvalue weighted by molar-refractivity contribution is 5.96. The summed E-state index contributed by atoms with van der Waals surface area (Å²) in [6.45, 7) is 4.23. The summed E-state index contributed by atoms with van der Waals surface area (Å²) < 4.78 is 0. The fourth-order valence-corrected chi connectivity index (χ4v) is 2.44. The predicted octanol–water partition coefficient (Wildman–Crippen LogP) is 1.38. The van der Waals surface area contributed by atoms with Gasteiger partial charge in [-0.15, -0.1) is 0 Å². The second-order valence-electron chi connectivity index (χ2n) is 5.86. The van der Waals surface area contributed by atoms with Crippen molar-refractivity contribution in [3.63, 3.8) is 0 Å². The van der Waals surface area contributed by atoms with E-state index in [4.69, 9.17) is 0 Å². The van der Waals surface area contributed by atoms with Crippen molar-refractivity contribution in [2.24, 2.45) is 0 Å². The van der Waals surface area contributed by atoms with Gasteiger partial charge in [0.05, 0.1) is 4.92 Å². The van der Waals surface area contributed by atoms with Gasteiger partial charge in [0, 0.05) is 31.3 Å². The number of hydrogen-bond acceptors (Lipinski definition) is 5. The Morgan fingerprint density at radius 2 is 2.13 bits per heavy atom. The first-order chi connectivity index (χ1) is 10.8. The second-order valence-corrected chi connectivity index (χ2v) is 5.86. The van der Waals surface area contributed by atoms with Crippen LogP contribution in [0.3, 0.4) is 0 Å². The van der Waals surface area contributed by atoms with Crippen LogP contribution < -0.4 is 10.6 Å². The zero-order valence-electron chi connectivity index (χ0n) is 13.3. The molecule has 2 N–H and O–H groups in total. The zero-order valence-corrected chi connectivity index (χ0v) is 13.3. The molecule has 23 heavy (non-hydrogen) atoms. The minimum atomic E-state index is -0.558. The third kappa shape index (κ3) is 3.77. The van der Waals surface area contributed by atoms with Gasteiger partial charge >= 0.3 is 0 Å². The van der Waals surface area contributed by atoms with Crippen LogP contribution in [0.15, 0.2) is 18.2 Å². The predicted molar refractivity (Wildman–Crippen MR) is 85.4 cm³/mol. The summed E-state index contributed by atoms with van der Waals surface area (Å²) in [6.07, 6.45) is 0.585. The summed E-state index contributed by atoms with van der Waals surface area (Å²) in [5.41, 5.74) is 0.235. The number of likely N-dealkylation sites (tertiary alicyclic amines) is 1. The van der Waals surface area contributed by atoms with Crippen molar-refractivity contribution in [2.45, 2.75) is 32.4 Å². The Balaban J connectivity index is 2.25. The molecule has 0 aliphatic carbocycles. The van der Waals surface area contributed by atoms with Crippen LogP contribution in [0.5, 0.6) is 0 Å². The summed E-state index contributed by atoms with van der Waals surface area (Å²) in [5, 5.41) is 16.9. The third-order valence-electron chi connectivity index (χ3n) is 3.63. The number of nitrogens with zero attached hydrogens (tertiary/aromatic N) is 2. The number of nitrogens with one attached hydrogen (secondary N) is 2. The van der Waals surface area contributed by atoms with Gasteiger partial charge in [-0.3, -0.25) is 19.7 Å². The Kier molecular flexibility index (Phi) is 4.83. The number of carbonyl (C=O) groups excluding carboxylic acids is 2. The molecule has 1 saturated heterocycles.